The predicted octanol–water partition coefficient (Wildman–Crippen LogP) is 4.11. The van der Waals surface area contributed by atoms with Crippen molar-refractivity contribution < 1.29 is 9.72 Å². The highest BCUT2D eigenvalue weighted by Crippen LogP contribution is 2.22. The van der Waals surface area contributed by atoms with E-state index in [2.05, 4.69) is 37.2 Å². The van der Waals surface area contributed by atoms with Crippen LogP contribution in [0.2, 0.25) is 0 Å². The van der Waals surface area contributed by atoms with Crippen molar-refractivity contribution >= 4 is 54.8 Å². The fourth-order valence-corrected chi connectivity index (χ4v) is 3.40. The molecule has 0 saturated heterocycles. The zero-order chi connectivity index (χ0) is 14.7. The van der Waals surface area contributed by atoms with Gasteiger partial charge in [0, 0.05) is 36.9 Å². The number of benzene rings is 1. The minimum absolute atomic E-state index is 0.122. The zero-order valence-electron chi connectivity index (χ0n) is 9.93. The Morgan fingerprint density at radius 2 is 2.00 bits per heavy atom. The summed E-state index contributed by atoms with van der Waals surface area (Å²) in [5.41, 5.74) is 0.130. The maximum atomic E-state index is 12.0. The Morgan fingerprint density at radius 3 is 2.60 bits per heavy atom. The molecule has 1 aromatic heterocycles. The molecule has 0 saturated carbocycles. The number of carbonyl (C=O) groups is 1. The minimum atomic E-state index is -0.530. The molecule has 0 radical (unpaired) electrons. The highest BCUT2D eigenvalue weighted by molar-refractivity contribution is 9.10. The van der Waals surface area contributed by atoms with Crippen LogP contribution in [-0.2, 0) is 6.54 Å². The van der Waals surface area contributed by atoms with Gasteiger partial charge in [0.25, 0.3) is 11.6 Å². The van der Waals surface area contributed by atoms with E-state index in [0.717, 1.165) is 9.35 Å². The van der Waals surface area contributed by atoms with Crippen LogP contribution in [-0.4, -0.2) is 10.8 Å². The Morgan fingerprint density at radius 1 is 1.25 bits per heavy atom. The molecular weight excluding hydrogens is 412 g/mol. The smallest absolute Gasteiger partial charge is 0.271 e. The van der Waals surface area contributed by atoms with Gasteiger partial charge >= 0.3 is 0 Å². The van der Waals surface area contributed by atoms with E-state index < -0.39 is 4.92 Å². The lowest BCUT2D eigenvalue weighted by Crippen LogP contribution is -2.22. The average Bonchev–Trinajstić information content (AvgIpc) is 2.81. The van der Waals surface area contributed by atoms with E-state index in [9.17, 15) is 14.9 Å². The van der Waals surface area contributed by atoms with Crippen LogP contribution in [0.15, 0.2) is 38.6 Å². The number of halogens is 2. The Kier molecular flexibility index (Phi) is 4.90. The zero-order valence-corrected chi connectivity index (χ0v) is 13.9. The van der Waals surface area contributed by atoms with Gasteiger partial charge in [0.1, 0.15) is 0 Å². The third-order valence-electron chi connectivity index (χ3n) is 2.40. The van der Waals surface area contributed by atoms with E-state index >= 15 is 0 Å². The third kappa shape index (κ3) is 3.87. The Labute approximate surface area is 135 Å². The number of nitro groups is 1. The number of nitrogens with zero attached hydrogens (tertiary/aromatic N) is 1. The van der Waals surface area contributed by atoms with Crippen LogP contribution in [0.1, 0.15) is 15.2 Å². The number of hydrogen-bond donors (Lipinski definition) is 1. The van der Waals surface area contributed by atoms with Crippen molar-refractivity contribution in [2.45, 2.75) is 6.54 Å². The maximum absolute atomic E-state index is 12.0. The number of hydrogen-bond acceptors (Lipinski definition) is 4. The first-order chi connectivity index (χ1) is 9.45. The monoisotopic (exact) mass is 418 g/mol. The number of thiophene rings is 1. The summed E-state index contributed by atoms with van der Waals surface area (Å²) >= 11 is 8.01. The first-order valence-electron chi connectivity index (χ1n) is 5.42. The van der Waals surface area contributed by atoms with Gasteiger partial charge < -0.3 is 5.32 Å². The lowest BCUT2D eigenvalue weighted by Gasteiger charge is -2.04. The molecule has 1 aromatic carbocycles. The van der Waals surface area contributed by atoms with Crippen molar-refractivity contribution in [1.82, 2.24) is 5.32 Å². The molecule has 2 aromatic rings. The summed E-state index contributed by atoms with van der Waals surface area (Å²) in [6.45, 7) is 0.384. The lowest BCUT2D eigenvalue weighted by atomic mass is 10.2. The molecule has 8 heteroatoms. The van der Waals surface area contributed by atoms with Crippen LogP contribution < -0.4 is 5.32 Å². The first-order valence-corrected chi connectivity index (χ1v) is 7.88. The van der Waals surface area contributed by atoms with Gasteiger partial charge in [0.15, 0.2) is 0 Å². The summed E-state index contributed by atoms with van der Waals surface area (Å²) in [5.74, 6) is -0.348. The molecule has 104 valence electrons. The van der Waals surface area contributed by atoms with Crippen molar-refractivity contribution in [2.24, 2.45) is 0 Å². The third-order valence-corrected chi connectivity index (χ3v) is 4.56. The number of nitro benzene ring substituents is 1. The number of non-ortho nitro benzene ring substituents is 1. The topological polar surface area (TPSA) is 72.2 Å². The molecule has 1 N–H and O–H groups in total. The Balaban J connectivity index is 2.10. The summed E-state index contributed by atoms with van der Waals surface area (Å²) in [7, 11) is 0. The SMILES string of the molecule is O=C(NCc1cc(Br)cs1)c1cc(Br)cc([N+](=O)[O-])c1. The predicted molar refractivity (Wildman–Crippen MR) is 84.0 cm³/mol. The molecule has 1 amide bonds. The largest absolute Gasteiger partial charge is 0.347 e. The quantitative estimate of drug-likeness (QED) is 0.598. The standard InChI is InChI=1S/C12H8Br2N2O3S/c13-8-1-7(2-10(3-8)16(18)19)12(17)15-5-11-4-9(14)6-20-11/h1-4,6H,5H2,(H,15,17). The summed E-state index contributed by atoms with van der Waals surface area (Å²) in [5, 5.41) is 15.4. The van der Waals surface area contributed by atoms with Gasteiger partial charge in [-0.2, -0.15) is 0 Å². The lowest BCUT2D eigenvalue weighted by molar-refractivity contribution is -0.385. The van der Waals surface area contributed by atoms with E-state index in [1.165, 1.54) is 23.5 Å². The highest BCUT2D eigenvalue weighted by atomic mass is 79.9. The molecule has 0 atom stereocenters. The second-order valence-electron chi connectivity index (χ2n) is 3.87. The van der Waals surface area contributed by atoms with E-state index in [1.54, 1.807) is 6.07 Å². The van der Waals surface area contributed by atoms with E-state index in [0.29, 0.717) is 11.0 Å². The molecular formula is C12H8Br2N2O3S. The molecule has 0 bridgehead atoms. The summed E-state index contributed by atoms with van der Waals surface area (Å²) in [6, 6.07) is 6.07. The van der Waals surface area contributed by atoms with Gasteiger partial charge in [-0.15, -0.1) is 11.3 Å². The van der Waals surface area contributed by atoms with E-state index in [1.807, 2.05) is 11.4 Å². The molecule has 5 nitrogen and oxygen atoms in total. The number of carbonyl (C=O) groups excluding carboxylic acids is 1. The van der Waals surface area contributed by atoms with Gasteiger partial charge in [0.2, 0.25) is 0 Å². The molecule has 20 heavy (non-hydrogen) atoms. The molecule has 0 unspecified atom stereocenters. The van der Waals surface area contributed by atoms with Crippen molar-refractivity contribution in [3.05, 3.63) is 59.1 Å². The van der Waals surface area contributed by atoms with Gasteiger partial charge in [-0.05, 0) is 28.1 Å². The molecule has 0 aliphatic carbocycles. The van der Waals surface area contributed by atoms with Gasteiger partial charge in [-0.1, -0.05) is 15.9 Å². The number of nitrogens with one attached hydrogen (secondary N) is 1. The van der Waals surface area contributed by atoms with Crippen LogP contribution in [0.4, 0.5) is 5.69 Å². The van der Waals surface area contributed by atoms with Crippen LogP contribution in [0.5, 0.6) is 0 Å². The molecule has 1 heterocycles. The van der Waals surface area contributed by atoms with Crippen molar-refractivity contribution in [2.75, 3.05) is 0 Å². The summed E-state index contributed by atoms with van der Waals surface area (Å²) in [4.78, 5) is 23.2. The molecule has 0 aliphatic heterocycles. The van der Waals surface area contributed by atoms with Gasteiger partial charge in [0.05, 0.1) is 11.5 Å². The first kappa shape index (κ1) is 15.1. The number of rotatable bonds is 4. The van der Waals surface area contributed by atoms with Crippen LogP contribution in [0, 0.1) is 10.1 Å². The van der Waals surface area contributed by atoms with Crippen molar-refractivity contribution in [3.63, 3.8) is 0 Å². The minimum Gasteiger partial charge on any atom is -0.347 e. The summed E-state index contributed by atoms with van der Waals surface area (Å²) in [6.07, 6.45) is 0. The van der Waals surface area contributed by atoms with Gasteiger partial charge in [-0.25, -0.2) is 0 Å². The second kappa shape index (κ2) is 6.47. The molecule has 2 rings (SSSR count). The molecule has 0 aliphatic rings. The van der Waals surface area contributed by atoms with E-state index in [-0.39, 0.29) is 17.2 Å². The maximum Gasteiger partial charge on any atom is 0.271 e. The molecule has 0 fully saturated rings. The van der Waals surface area contributed by atoms with Crippen molar-refractivity contribution in [3.8, 4) is 0 Å². The number of amides is 1. The molecule has 0 spiro atoms. The van der Waals surface area contributed by atoms with Gasteiger partial charge in [-0.3, -0.25) is 14.9 Å². The van der Waals surface area contributed by atoms with Crippen LogP contribution in [0.25, 0.3) is 0 Å². The van der Waals surface area contributed by atoms with Crippen LogP contribution in [0.3, 0.4) is 0 Å². The Bertz CT molecular complexity index is 672. The second-order valence-corrected chi connectivity index (χ2v) is 6.70. The van der Waals surface area contributed by atoms with Crippen molar-refractivity contribution in [1.29, 1.82) is 0 Å². The Hall–Kier alpha value is -1.25. The van der Waals surface area contributed by atoms with Crippen LogP contribution >= 0.6 is 43.2 Å². The fourth-order valence-electron chi connectivity index (χ4n) is 1.53. The fraction of sp³-hybridized carbons (Fsp3) is 0.0833. The average molecular weight is 420 g/mol. The normalized spacial score (nSPS) is 10.3. The highest BCUT2D eigenvalue weighted by Gasteiger charge is 2.13. The summed E-state index contributed by atoms with van der Waals surface area (Å²) < 4.78 is 1.46. The van der Waals surface area contributed by atoms with E-state index in [4.69, 9.17) is 0 Å².